The first kappa shape index (κ1) is 34.8. The molecule has 208 valence electrons. The summed E-state index contributed by atoms with van der Waals surface area (Å²) < 4.78 is 11.4. The molecule has 0 aromatic rings. The van der Waals surface area contributed by atoms with Crippen LogP contribution in [0.1, 0.15) is 86.0 Å². The summed E-state index contributed by atoms with van der Waals surface area (Å²) in [5.41, 5.74) is 0. The zero-order valence-electron chi connectivity index (χ0n) is 25.2. The molecule has 0 amide bonds. The molecule has 0 saturated heterocycles. The van der Waals surface area contributed by atoms with Crippen molar-refractivity contribution in [2.45, 2.75) is 118 Å². The largest absolute Gasteiger partial charge is 0.396 e. The molecule has 3 nitrogen and oxygen atoms in total. The predicted octanol–water partition coefficient (Wildman–Crippen LogP) is 9.00. The fourth-order valence-electron chi connectivity index (χ4n) is 5.23. The second-order valence-electron chi connectivity index (χ2n) is 12.6. The first-order valence-electron chi connectivity index (χ1n) is 14.5. The van der Waals surface area contributed by atoms with Crippen molar-refractivity contribution in [1.29, 1.82) is 0 Å². The molecule has 0 radical (unpaired) electrons. The van der Waals surface area contributed by atoms with Gasteiger partial charge in [-0.2, -0.15) is 0 Å². The zero-order chi connectivity index (χ0) is 26.9. The van der Waals surface area contributed by atoms with Gasteiger partial charge in [-0.25, -0.2) is 0 Å². The van der Waals surface area contributed by atoms with E-state index in [4.69, 9.17) is 8.85 Å². The van der Waals surface area contributed by atoms with Gasteiger partial charge in [-0.1, -0.05) is 117 Å². The maximum atomic E-state index is 9.94. The molecule has 0 rings (SSSR count). The van der Waals surface area contributed by atoms with Crippen LogP contribution in [0.4, 0.5) is 0 Å². The van der Waals surface area contributed by atoms with Crippen molar-refractivity contribution < 1.29 is 14.0 Å². The Balaban J connectivity index is 5.28. The fraction of sp³-hybridized carbons (Fsp3) is 0.867. The summed E-state index contributed by atoms with van der Waals surface area (Å²) in [6, 6.07) is 2.18. The molecule has 0 heterocycles. The third-order valence-electron chi connectivity index (χ3n) is 7.40. The highest BCUT2D eigenvalue weighted by molar-refractivity contribution is 6.76. The van der Waals surface area contributed by atoms with Crippen LogP contribution in [-0.4, -0.2) is 42.2 Å². The SMILES string of the molecule is CCCC(/C=C/C(/C=C/CCCCCCC(C)C)C(C)C[Si](C)(C)C)C(C)C[Si](CO)(OC)OC. The number of hydrogen-bond acceptors (Lipinski definition) is 3. The second-order valence-corrected chi connectivity index (χ2v) is 21.5. The minimum Gasteiger partial charge on any atom is -0.396 e. The summed E-state index contributed by atoms with van der Waals surface area (Å²) in [7, 11) is -0.266. The third kappa shape index (κ3) is 16.3. The minimum atomic E-state index is -2.52. The predicted molar refractivity (Wildman–Crippen MR) is 161 cm³/mol. The Labute approximate surface area is 222 Å². The lowest BCUT2D eigenvalue weighted by Crippen LogP contribution is -2.46. The highest BCUT2D eigenvalue weighted by Crippen LogP contribution is 2.31. The quantitative estimate of drug-likeness (QED) is 0.0921. The van der Waals surface area contributed by atoms with Gasteiger partial charge in [-0.05, 0) is 54.9 Å². The first-order chi connectivity index (χ1) is 16.4. The number of allylic oxidation sites excluding steroid dienone is 4. The molecule has 35 heavy (non-hydrogen) atoms. The van der Waals surface area contributed by atoms with E-state index in [0.29, 0.717) is 23.7 Å². The first-order valence-corrected chi connectivity index (χ1v) is 20.4. The van der Waals surface area contributed by atoms with E-state index in [2.05, 4.69) is 78.6 Å². The van der Waals surface area contributed by atoms with Crippen molar-refractivity contribution in [3.63, 3.8) is 0 Å². The molecule has 4 atom stereocenters. The van der Waals surface area contributed by atoms with Crippen LogP contribution < -0.4 is 0 Å². The highest BCUT2D eigenvalue weighted by Gasteiger charge is 2.38. The van der Waals surface area contributed by atoms with Crippen LogP contribution in [-0.2, 0) is 8.85 Å². The number of aliphatic hydroxyl groups excluding tert-OH is 1. The van der Waals surface area contributed by atoms with Gasteiger partial charge >= 0.3 is 8.56 Å². The number of rotatable bonds is 21. The number of aliphatic hydroxyl groups is 1. The molecule has 0 bridgehead atoms. The average Bonchev–Trinajstić information content (AvgIpc) is 2.78. The molecule has 0 aliphatic heterocycles. The molecule has 1 N–H and O–H groups in total. The molecule has 0 fully saturated rings. The smallest absolute Gasteiger partial charge is 0.364 e. The standard InChI is InChI=1S/C30H62O3Si2/c1-11-18-29(28(5)24-35(25-31,32-6)33-7)21-22-30(27(4)23-34(8,9)10)20-17-15-13-12-14-16-19-26(2)3/h17,20-22,26-31H,11-16,18-19,23-25H2,1-10H3/b20-17+,22-21+. The Hall–Kier alpha value is -0.206. The van der Waals surface area contributed by atoms with Gasteiger partial charge in [-0.3, -0.25) is 0 Å². The number of unbranched alkanes of at least 4 members (excludes halogenated alkanes) is 4. The van der Waals surface area contributed by atoms with Crippen molar-refractivity contribution >= 4 is 16.6 Å². The van der Waals surface area contributed by atoms with Crippen LogP contribution in [0.25, 0.3) is 0 Å². The molecule has 0 aromatic heterocycles. The molecule has 0 aliphatic carbocycles. The average molecular weight is 527 g/mol. The van der Waals surface area contributed by atoms with Crippen molar-refractivity contribution in [3.05, 3.63) is 24.3 Å². The van der Waals surface area contributed by atoms with Crippen LogP contribution in [0.3, 0.4) is 0 Å². The topological polar surface area (TPSA) is 38.7 Å². The van der Waals surface area contributed by atoms with Crippen LogP contribution in [0.15, 0.2) is 24.3 Å². The lowest BCUT2D eigenvalue weighted by Gasteiger charge is -2.31. The second kappa shape index (κ2) is 18.9. The third-order valence-corrected chi connectivity index (χ3v) is 12.5. The molecule has 0 aliphatic rings. The Bertz CT molecular complexity index is 556. The summed E-state index contributed by atoms with van der Waals surface area (Å²) in [5, 5.41) is 9.94. The van der Waals surface area contributed by atoms with Crippen molar-refractivity contribution in [1.82, 2.24) is 0 Å². The molecular formula is C30H62O3Si2. The summed E-state index contributed by atoms with van der Waals surface area (Å²) in [6.07, 6.45) is 20.3. The maximum absolute atomic E-state index is 9.94. The monoisotopic (exact) mass is 526 g/mol. The lowest BCUT2D eigenvalue weighted by atomic mass is 9.87. The summed E-state index contributed by atoms with van der Waals surface area (Å²) >= 11 is 0. The van der Waals surface area contributed by atoms with E-state index in [9.17, 15) is 5.11 Å². The van der Waals surface area contributed by atoms with Crippen molar-refractivity contribution in [2.24, 2.45) is 29.6 Å². The highest BCUT2D eigenvalue weighted by atomic mass is 28.4. The maximum Gasteiger partial charge on any atom is 0.364 e. The van der Waals surface area contributed by atoms with Gasteiger partial charge in [0.1, 0.15) is 0 Å². The van der Waals surface area contributed by atoms with Gasteiger partial charge in [0.2, 0.25) is 0 Å². The summed E-state index contributed by atoms with van der Waals surface area (Å²) in [5.74, 6) is 2.91. The van der Waals surface area contributed by atoms with Crippen LogP contribution in [0.2, 0.25) is 31.7 Å². The molecule has 5 heteroatoms. The van der Waals surface area contributed by atoms with E-state index in [1.54, 1.807) is 14.2 Å². The molecule has 4 unspecified atom stereocenters. The van der Waals surface area contributed by atoms with Gasteiger partial charge in [-0.15, -0.1) is 0 Å². The fourth-order valence-corrected chi connectivity index (χ4v) is 9.60. The van der Waals surface area contributed by atoms with Gasteiger partial charge in [0.25, 0.3) is 0 Å². The van der Waals surface area contributed by atoms with E-state index >= 15 is 0 Å². The van der Waals surface area contributed by atoms with E-state index in [0.717, 1.165) is 24.8 Å². The van der Waals surface area contributed by atoms with Crippen molar-refractivity contribution in [2.75, 3.05) is 20.4 Å². The van der Waals surface area contributed by atoms with Crippen LogP contribution >= 0.6 is 0 Å². The van der Waals surface area contributed by atoms with Crippen molar-refractivity contribution in [3.8, 4) is 0 Å². The van der Waals surface area contributed by atoms with Gasteiger partial charge < -0.3 is 14.0 Å². The molecule has 0 spiro atoms. The lowest BCUT2D eigenvalue weighted by molar-refractivity contribution is 0.187. The van der Waals surface area contributed by atoms with Gasteiger partial charge in [0.05, 0.1) is 6.23 Å². The Morgan fingerprint density at radius 3 is 1.91 bits per heavy atom. The number of hydrogen-bond donors (Lipinski definition) is 1. The van der Waals surface area contributed by atoms with E-state index in [1.807, 2.05) is 0 Å². The van der Waals surface area contributed by atoms with Gasteiger partial charge in [0.15, 0.2) is 0 Å². The molecule has 0 aromatic carbocycles. The minimum absolute atomic E-state index is 0.0168. The zero-order valence-corrected chi connectivity index (χ0v) is 27.2. The normalized spacial score (nSPS) is 16.9. The van der Waals surface area contributed by atoms with E-state index < -0.39 is 16.6 Å². The molecular weight excluding hydrogens is 464 g/mol. The molecule has 0 saturated carbocycles. The van der Waals surface area contributed by atoms with Crippen LogP contribution in [0.5, 0.6) is 0 Å². The summed E-state index contributed by atoms with van der Waals surface area (Å²) in [6.45, 7) is 19.1. The Morgan fingerprint density at radius 2 is 1.40 bits per heavy atom. The summed E-state index contributed by atoms with van der Waals surface area (Å²) in [4.78, 5) is 0. The van der Waals surface area contributed by atoms with E-state index in [-0.39, 0.29) is 6.23 Å². The van der Waals surface area contributed by atoms with Crippen LogP contribution in [0, 0.1) is 29.6 Å². The van der Waals surface area contributed by atoms with E-state index in [1.165, 1.54) is 44.6 Å². The Kier molecular flexibility index (Phi) is 18.8. The Morgan fingerprint density at radius 1 is 0.771 bits per heavy atom. The van der Waals surface area contributed by atoms with Gasteiger partial charge in [0, 0.05) is 22.3 Å².